The Labute approximate surface area is 115 Å². The molecule has 0 atom stereocenters. The Morgan fingerprint density at radius 1 is 1.39 bits per heavy atom. The molecule has 0 spiro atoms. The lowest BCUT2D eigenvalue weighted by Gasteiger charge is -2.17. The van der Waals surface area contributed by atoms with Crippen molar-refractivity contribution in [2.75, 3.05) is 13.1 Å². The zero-order valence-corrected chi connectivity index (χ0v) is 12.5. The van der Waals surface area contributed by atoms with Crippen molar-refractivity contribution in [3.63, 3.8) is 0 Å². The Kier molecular flexibility index (Phi) is 4.33. The van der Waals surface area contributed by atoms with E-state index >= 15 is 0 Å². The van der Waals surface area contributed by atoms with Crippen molar-refractivity contribution in [2.24, 2.45) is 5.41 Å². The monoisotopic (exact) mass is 269 g/mol. The first-order chi connectivity index (χ1) is 8.62. The maximum Gasteiger partial charge on any atom is 0.0847 e. The molecule has 1 aliphatic carbocycles. The molecule has 1 aliphatic rings. The molecule has 3 nitrogen and oxygen atoms in total. The number of aromatic nitrogens is 2. The van der Waals surface area contributed by atoms with Crippen LogP contribution >= 0.6 is 11.6 Å². The SMILES string of the molecule is CCCNCC1(Cc2c(Cl)c(C)nn2CC)CC1. The number of halogens is 1. The predicted molar refractivity (Wildman–Crippen MR) is 76.2 cm³/mol. The van der Waals surface area contributed by atoms with E-state index in [0.29, 0.717) is 5.41 Å². The van der Waals surface area contributed by atoms with E-state index < -0.39 is 0 Å². The minimum absolute atomic E-state index is 0.443. The average Bonchev–Trinajstić information content (AvgIpc) is 3.07. The lowest BCUT2D eigenvalue weighted by Crippen LogP contribution is -2.27. The number of aryl methyl sites for hydroxylation is 2. The van der Waals surface area contributed by atoms with Gasteiger partial charge in [-0.3, -0.25) is 4.68 Å². The second kappa shape index (κ2) is 5.62. The molecule has 0 aromatic carbocycles. The summed E-state index contributed by atoms with van der Waals surface area (Å²) in [7, 11) is 0. The Morgan fingerprint density at radius 3 is 2.67 bits per heavy atom. The first kappa shape index (κ1) is 13.9. The molecule has 0 aliphatic heterocycles. The fourth-order valence-electron chi connectivity index (χ4n) is 2.52. The van der Waals surface area contributed by atoms with Gasteiger partial charge in [0, 0.05) is 13.1 Å². The van der Waals surface area contributed by atoms with Gasteiger partial charge in [0.25, 0.3) is 0 Å². The number of nitrogens with one attached hydrogen (secondary N) is 1. The molecule has 0 bridgehead atoms. The number of hydrogen-bond acceptors (Lipinski definition) is 2. The van der Waals surface area contributed by atoms with Crippen LogP contribution in [0.1, 0.15) is 44.5 Å². The Hall–Kier alpha value is -0.540. The Bertz CT molecular complexity index is 407. The van der Waals surface area contributed by atoms with Crippen LogP contribution in [-0.2, 0) is 13.0 Å². The molecule has 0 saturated heterocycles. The fourth-order valence-corrected chi connectivity index (χ4v) is 2.72. The maximum atomic E-state index is 6.38. The molecule has 18 heavy (non-hydrogen) atoms. The molecule has 0 amide bonds. The summed E-state index contributed by atoms with van der Waals surface area (Å²) in [5, 5.41) is 8.92. The van der Waals surface area contributed by atoms with Crippen LogP contribution < -0.4 is 5.32 Å². The zero-order valence-electron chi connectivity index (χ0n) is 11.7. The smallest absolute Gasteiger partial charge is 0.0847 e. The van der Waals surface area contributed by atoms with Gasteiger partial charge in [0.05, 0.1) is 16.4 Å². The molecular weight excluding hydrogens is 246 g/mol. The van der Waals surface area contributed by atoms with E-state index in [1.807, 2.05) is 6.92 Å². The number of hydrogen-bond donors (Lipinski definition) is 1. The van der Waals surface area contributed by atoms with E-state index in [1.165, 1.54) is 25.0 Å². The molecule has 0 unspecified atom stereocenters. The summed E-state index contributed by atoms with van der Waals surface area (Å²) in [6, 6.07) is 0. The van der Waals surface area contributed by atoms with Crippen LogP contribution in [0.5, 0.6) is 0 Å². The van der Waals surface area contributed by atoms with Crippen LogP contribution in [0.3, 0.4) is 0 Å². The van der Waals surface area contributed by atoms with Gasteiger partial charge in [-0.2, -0.15) is 5.10 Å². The summed E-state index contributed by atoms with van der Waals surface area (Å²) in [6.07, 6.45) is 4.89. The highest BCUT2D eigenvalue weighted by Gasteiger charge is 2.43. The highest BCUT2D eigenvalue weighted by Crippen LogP contribution is 2.48. The summed E-state index contributed by atoms with van der Waals surface area (Å²) >= 11 is 6.38. The van der Waals surface area contributed by atoms with Gasteiger partial charge in [0.1, 0.15) is 0 Å². The van der Waals surface area contributed by atoms with Crippen molar-refractivity contribution in [1.82, 2.24) is 15.1 Å². The zero-order chi connectivity index (χ0) is 13.2. The van der Waals surface area contributed by atoms with Crippen molar-refractivity contribution in [3.05, 3.63) is 16.4 Å². The second-order valence-corrected chi connectivity index (χ2v) is 5.89. The Balaban J connectivity index is 2.04. The molecule has 1 fully saturated rings. The summed E-state index contributed by atoms with van der Waals surface area (Å²) in [4.78, 5) is 0. The van der Waals surface area contributed by atoms with E-state index in [0.717, 1.165) is 36.8 Å². The minimum Gasteiger partial charge on any atom is -0.316 e. The molecule has 1 saturated carbocycles. The molecule has 4 heteroatoms. The van der Waals surface area contributed by atoms with Crippen LogP contribution in [0, 0.1) is 12.3 Å². The summed E-state index contributed by atoms with van der Waals surface area (Å²) < 4.78 is 2.07. The van der Waals surface area contributed by atoms with Crippen LogP contribution in [0.2, 0.25) is 5.02 Å². The van der Waals surface area contributed by atoms with Crippen LogP contribution in [0.4, 0.5) is 0 Å². The van der Waals surface area contributed by atoms with Crippen molar-refractivity contribution in [1.29, 1.82) is 0 Å². The van der Waals surface area contributed by atoms with E-state index in [9.17, 15) is 0 Å². The second-order valence-electron chi connectivity index (χ2n) is 5.52. The molecule has 1 aromatic rings. The molecule has 0 radical (unpaired) electrons. The summed E-state index contributed by atoms with van der Waals surface area (Å²) in [6.45, 7) is 9.46. The third kappa shape index (κ3) is 2.89. The molecular formula is C14H24ClN3. The third-order valence-corrected chi connectivity index (χ3v) is 4.37. The largest absolute Gasteiger partial charge is 0.316 e. The first-order valence-corrected chi connectivity index (χ1v) is 7.42. The molecule has 2 rings (SSSR count). The minimum atomic E-state index is 0.443. The highest BCUT2D eigenvalue weighted by molar-refractivity contribution is 6.31. The Morgan fingerprint density at radius 2 is 2.11 bits per heavy atom. The standard InChI is InChI=1S/C14H24ClN3/c1-4-8-16-10-14(6-7-14)9-12-13(15)11(3)17-18(12)5-2/h16H,4-10H2,1-3H3. The van der Waals surface area contributed by atoms with Gasteiger partial charge in [-0.05, 0) is 51.5 Å². The average molecular weight is 270 g/mol. The number of rotatable bonds is 7. The van der Waals surface area contributed by atoms with E-state index in [1.54, 1.807) is 0 Å². The van der Waals surface area contributed by atoms with Crippen molar-refractivity contribution < 1.29 is 0 Å². The van der Waals surface area contributed by atoms with Crippen LogP contribution in [0.15, 0.2) is 0 Å². The third-order valence-electron chi connectivity index (χ3n) is 3.88. The summed E-state index contributed by atoms with van der Waals surface area (Å²) in [5.74, 6) is 0. The number of nitrogens with zero attached hydrogens (tertiary/aromatic N) is 2. The van der Waals surface area contributed by atoms with Gasteiger partial charge in [0.15, 0.2) is 0 Å². The van der Waals surface area contributed by atoms with Crippen LogP contribution in [-0.4, -0.2) is 22.9 Å². The van der Waals surface area contributed by atoms with Crippen molar-refractivity contribution in [2.45, 2.75) is 53.0 Å². The van der Waals surface area contributed by atoms with Gasteiger partial charge in [0.2, 0.25) is 0 Å². The predicted octanol–water partition coefficient (Wildman–Crippen LogP) is 3.19. The van der Waals surface area contributed by atoms with Gasteiger partial charge in [-0.15, -0.1) is 0 Å². The van der Waals surface area contributed by atoms with Crippen molar-refractivity contribution >= 4 is 11.6 Å². The molecule has 1 heterocycles. The molecule has 1 N–H and O–H groups in total. The normalized spacial score (nSPS) is 17.1. The van der Waals surface area contributed by atoms with E-state index in [2.05, 4.69) is 28.9 Å². The van der Waals surface area contributed by atoms with Crippen LogP contribution in [0.25, 0.3) is 0 Å². The highest BCUT2D eigenvalue weighted by atomic mass is 35.5. The lowest BCUT2D eigenvalue weighted by molar-refractivity contribution is 0.437. The van der Waals surface area contributed by atoms with Crippen molar-refractivity contribution in [3.8, 4) is 0 Å². The van der Waals surface area contributed by atoms with E-state index in [4.69, 9.17) is 11.6 Å². The first-order valence-electron chi connectivity index (χ1n) is 7.04. The quantitative estimate of drug-likeness (QED) is 0.771. The summed E-state index contributed by atoms with van der Waals surface area (Å²) in [5.41, 5.74) is 2.64. The van der Waals surface area contributed by atoms with Gasteiger partial charge >= 0.3 is 0 Å². The van der Waals surface area contributed by atoms with Gasteiger partial charge in [-0.1, -0.05) is 18.5 Å². The maximum absolute atomic E-state index is 6.38. The van der Waals surface area contributed by atoms with Gasteiger partial charge in [-0.25, -0.2) is 0 Å². The molecule has 102 valence electrons. The fraction of sp³-hybridized carbons (Fsp3) is 0.786. The lowest BCUT2D eigenvalue weighted by atomic mass is 9.99. The van der Waals surface area contributed by atoms with E-state index in [-0.39, 0.29) is 0 Å². The van der Waals surface area contributed by atoms with Gasteiger partial charge < -0.3 is 5.32 Å². The molecule has 1 aromatic heterocycles. The topological polar surface area (TPSA) is 29.9 Å².